The molecule has 2 heterocycles. The quantitative estimate of drug-likeness (QED) is 0.117. The molecular formula is C34H37N7O2. The molecule has 2 amide bonds. The first-order valence-corrected chi connectivity index (χ1v) is 14.4. The van der Waals surface area contributed by atoms with Gasteiger partial charge in [0, 0.05) is 55.1 Å². The molecule has 9 heteroatoms. The Morgan fingerprint density at radius 1 is 1.07 bits per heavy atom. The molecule has 0 unspecified atom stereocenters. The smallest absolute Gasteiger partial charge is 0.252 e. The maximum atomic E-state index is 13.1. The van der Waals surface area contributed by atoms with Crippen molar-refractivity contribution in [2.24, 2.45) is 9.98 Å². The molecule has 43 heavy (non-hydrogen) atoms. The number of aromatic amines is 1. The summed E-state index contributed by atoms with van der Waals surface area (Å²) in [5, 5.41) is 3.98. The first-order chi connectivity index (χ1) is 20.8. The highest BCUT2D eigenvalue weighted by Crippen LogP contribution is 2.27. The largest absolute Gasteiger partial charge is 0.397 e. The molecule has 5 rings (SSSR count). The van der Waals surface area contributed by atoms with Crippen molar-refractivity contribution in [2.75, 3.05) is 31.2 Å². The SMILES string of the molecule is C=N/C(=N\C=C(/C)C(=O)Nc1cc(-c2ccccc2)ccc1N)N(C)C1CCN(C(=O)Cc2c[nH]c3ccccc23)CC1. The monoisotopic (exact) mass is 575 g/mol. The number of nitrogens with one attached hydrogen (secondary N) is 2. The van der Waals surface area contributed by atoms with Crippen LogP contribution in [-0.4, -0.2) is 65.5 Å². The standard InChI is InChI=1S/C34H37N7O2/c1-23(33(43)39-31-19-25(13-14-29(31)35)24-9-5-4-6-10-24)21-38-34(36-2)40(3)27-15-17-41(18-16-27)32(42)20-26-22-37-30-12-8-7-11-28(26)30/h4-14,19,21-22,27,37H,2,15-18,20,35H2,1,3H3,(H,39,43)/b23-21+,38-34+. The summed E-state index contributed by atoms with van der Waals surface area (Å²) in [6, 6.07) is 23.6. The lowest BCUT2D eigenvalue weighted by Gasteiger charge is -2.37. The molecule has 0 spiro atoms. The average Bonchev–Trinajstić information content (AvgIpc) is 3.45. The maximum Gasteiger partial charge on any atom is 0.252 e. The second kappa shape index (κ2) is 13.2. The lowest BCUT2D eigenvalue weighted by Crippen LogP contribution is -2.47. The molecule has 0 aliphatic carbocycles. The van der Waals surface area contributed by atoms with Crippen LogP contribution in [0.3, 0.4) is 0 Å². The van der Waals surface area contributed by atoms with E-state index in [1.165, 1.54) is 6.20 Å². The number of H-pyrrole nitrogens is 1. The predicted molar refractivity (Wildman–Crippen MR) is 175 cm³/mol. The Bertz CT molecular complexity index is 1680. The van der Waals surface area contributed by atoms with Crippen molar-refractivity contribution < 1.29 is 9.59 Å². The molecule has 0 radical (unpaired) electrons. The van der Waals surface area contributed by atoms with Gasteiger partial charge in [-0.15, -0.1) is 0 Å². The number of fused-ring (bicyclic) bond motifs is 1. The topological polar surface area (TPSA) is 119 Å². The molecule has 1 aliphatic rings. The van der Waals surface area contributed by atoms with Crippen LogP contribution in [0.5, 0.6) is 0 Å². The van der Waals surface area contributed by atoms with E-state index in [2.05, 4.69) is 27.0 Å². The van der Waals surface area contributed by atoms with Crippen molar-refractivity contribution in [1.29, 1.82) is 0 Å². The lowest BCUT2D eigenvalue weighted by molar-refractivity contribution is -0.131. The van der Waals surface area contributed by atoms with E-state index in [1.54, 1.807) is 13.0 Å². The number of hydrogen-bond acceptors (Lipinski definition) is 4. The molecule has 3 aromatic carbocycles. The number of rotatable bonds is 7. The van der Waals surface area contributed by atoms with E-state index in [0.29, 0.717) is 42.4 Å². The Balaban J connectivity index is 1.17. The van der Waals surface area contributed by atoms with Gasteiger partial charge in [-0.05, 0) is 61.4 Å². The minimum Gasteiger partial charge on any atom is -0.397 e. The first-order valence-electron chi connectivity index (χ1n) is 14.4. The Hall–Kier alpha value is -5.18. The zero-order chi connectivity index (χ0) is 30.3. The third-order valence-electron chi connectivity index (χ3n) is 7.98. The minimum atomic E-state index is -0.311. The number of hydrogen-bond donors (Lipinski definition) is 3. The number of aliphatic imine (C=N–C) groups is 2. The summed E-state index contributed by atoms with van der Waals surface area (Å²) in [6.07, 6.45) is 5.36. The van der Waals surface area contributed by atoms with Crippen LogP contribution < -0.4 is 11.1 Å². The highest BCUT2D eigenvalue weighted by atomic mass is 16.2. The Morgan fingerprint density at radius 3 is 2.53 bits per heavy atom. The number of piperidine rings is 1. The Morgan fingerprint density at radius 2 is 1.79 bits per heavy atom. The fourth-order valence-electron chi connectivity index (χ4n) is 5.37. The normalized spacial score (nSPS) is 14.5. The summed E-state index contributed by atoms with van der Waals surface area (Å²) in [5.74, 6) is 0.233. The van der Waals surface area contributed by atoms with E-state index in [-0.39, 0.29) is 17.9 Å². The van der Waals surface area contributed by atoms with Crippen LogP contribution in [0.2, 0.25) is 0 Å². The number of aromatic nitrogens is 1. The molecule has 1 saturated heterocycles. The minimum absolute atomic E-state index is 0.126. The number of anilines is 2. The molecule has 1 aromatic heterocycles. The number of carbonyl (C=O) groups excluding carboxylic acids is 2. The van der Waals surface area contributed by atoms with Crippen molar-refractivity contribution in [2.45, 2.75) is 32.2 Å². The lowest BCUT2D eigenvalue weighted by atomic mass is 10.0. The summed E-state index contributed by atoms with van der Waals surface area (Å²) >= 11 is 0. The summed E-state index contributed by atoms with van der Waals surface area (Å²) in [5.41, 5.74) is 11.6. The Labute approximate surface area is 251 Å². The summed E-state index contributed by atoms with van der Waals surface area (Å²) < 4.78 is 0. The summed E-state index contributed by atoms with van der Waals surface area (Å²) in [6.45, 7) is 6.69. The molecule has 0 atom stereocenters. The number of benzene rings is 3. The fraction of sp³-hybridized carbons (Fsp3) is 0.235. The van der Waals surface area contributed by atoms with Gasteiger partial charge in [0.1, 0.15) is 0 Å². The van der Waals surface area contributed by atoms with E-state index in [1.807, 2.05) is 89.8 Å². The van der Waals surface area contributed by atoms with Gasteiger partial charge < -0.3 is 25.8 Å². The average molecular weight is 576 g/mol. The number of nitrogen functional groups attached to an aromatic ring is 1. The van der Waals surface area contributed by atoms with Gasteiger partial charge in [-0.1, -0.05) is 54.6 Å². The van der Waals surface area contributed by atoms with E-state index in [4.69, 9.17) is 5.73 Å². The van der Waals surface area contributed by atoms with Crippen LogP contribution in [0, 0.1) is 0 Å². The van der Waals surface area contributed by atoms with Crippen molar-refractivity contribution >= 4 is 46.8 Å². The highest BCUT2D eigenvalue weighted by molar-refractivity contribution is 6.05. The van der Waals surface area contributed by atoms with Crippen molar-refractivity contribution in [3.8, 4) is 11.1 Å². The molecule has 220 valence electrons. The van der Waals surface area contributed by atoms with Crippen molar-refractivity contribution in [3.05, 3.63) is 96.3 Å². The number of nitrogens with zero attached hydrogens (tertiary/aromatic N) is 4. The third-order valence-corrected chi connectivity index (χ3v) is 7.98. The van der Waals surface area contributed by atoms with Crippen LogP contribution in [0.1, 0.15) is 25.3 Å². The van der Waals surface area contributed by atoms with Crippen LogP contribution in [0.15, 0.2) is 101 Å². The maximum absolute atomic E-state index is 13.1. The van der Waals surface area contributed by atoms with Gasteiger partial charge in [-0.3, -0.25) is 9.59 Å². The fourth-order valence-corrected chi connectivity index (χ4v) is 5.37. The van der Waals surface area contributed by atoms with Gasteiger partial charge >= 0.3 is 0 Å². The van der Waals surface area contributed by atoms with Crippen LogP contribution in [0.4, 0.5) is 11.4 Å². The molecule has 0 saturated carbocycles. The molecule has 0 bridgehead atoms. The van der Waals surface area contributed by atoms with Crippen molar-refractivity contribution in [1.82, 2.24) is 14.8 Å². The first kappa shape index (κ1) is 29.3. The molecule has 1 aliphatic heterocycles. The van der Waals surface area contributed by atoms with Gasteiger partial charge in [0.25, 0.3) is 5.91 Å². The van der Waals surface area contributed by atoms with Crippen LogP contribution >= 0.6 is 0 Å². The second-order valence-corrected chi connectivity index (χ2v) is 10.8. The van der Waals surface area contributed by atoms with Crippen molar-refractivity contribution in [3.63, 3.8) is 0 Å². The van der Waals surface area contributed by atoms with E-state index >= 15 is 0 Å². The molecule has 9 nitrogen and oxygen atoms in total. The zero-order valence-corrected chi connectivity index (χ0v) is 24.6. The van der Waals surface area contributed by atoms with E-state index < -0.39 is 0 Å². The second-order valence-electron chi connectivity index (χ2n) is 10.8. The molecule has 4 N–H and O–H groups in total. The molecule has 1 fully saturated rings. The summed E-state index contributed by atoms with van der Waals surface area (Å²) in [4.78, 5) is 41.8. The predicted octanol–water partition coefficient (Wildman–Crippen LogP) is 5.48. The van der Waals surface area contributed by atoms with E-state index in [0.717, 1.165) is 40.4 Å². The Kier molecular flexibility index (Phi) is 9.00. The zero-order valence-electron chi connectivity index (χ0n) is 24.6. The number of guanidine groups is 1. The van der Waals surface area contributed by atoms with E-state index in [9.17, 15) is 9.59 Å². The van der Waals surface area contributed by atoms with Crippen LogP contribution in [0.25, 0.3) is 22.0 Å². The van der Waals surface area contributed by atoms with Crippen LogP contribution in [-0.2, 0) is 16.0 Å². The van der Waals surface area contributed by atoms with Gasteiger partial charge in [-0.25, -0.2) is 9.98 Å². The number of para-hydroxylation sites is 1. The van der Waals surface area contributed by atoms with Gasteiger partial charge in [0.05, 0.1) is 17.8 Å². The number of amides is 2. The third kappa shape index (κ3) is 6.83. The van der Waals surface area contributed by atoms with Gasteiger partial charge in [0.2, 0.25) is 11.9 Å². The highest BCUT2D eigenvalue weighted by Gasteiger charge is 2.27. The number of carbonyl (C=O) groups is 2. The summed E-state index contributed by atoms with van der Waals surface area (Å²) in [7, 11) is 1.92. The number of nitrogens with two attached hydrogens (primary N) is 1. The van der Waals surface area contributed by atoms with Gasteiger partial charge in [-0.2, -0.15) is 0 Å². The molecular weight excluding hydrogens is 538 g/mol. The molecule has 4 aromatic rings. The van der Waals surface area contributed by atoms with Gasteiger partial charge in [0.15, 0.2) is 0 Å². The number of likely N-dealkylation sites (tertiary alicyclic amines) is 1.